The van der Waals surface area contributed by atoms with Crippen LogP contribution in [0.5, 0.6) is 0 Å². The molecule has 7 heteroatoms. The Kier molecular flexibility index (Phi) is 5.49. The van der Waals surface area contributed by atoms with E-state index in [9.17, 15) is 4.79 Å². The van der Waals surface area contributed by atoms with Gasteiger partial charge in [-0.15, -0.1) is 11.3 Å². The lowest BCUT2D eigenvalue weighted by atomic mass is 10.2. The van der Waals surface area contributed by atoms with Gasteiger partial charge in [0.25, 0.3) is 0 Å². The van der Waals surface area contributed by atoms with Gasteiger partial charge in [-0.3, -0.25) is 9.48 Å². The van der Waals surface area contributed by atoms with E-state index in [-0.39, 0.29) is 12.5 Å². The van der Waals surface area contributed by atoms with Crippen molar-refractivity contribution in [1.29, 1.82) is 0 Å². The first-order chi connectivity index (χ1) is 10.2. The molecule has 0 radical (unpaired) electrons. The third-order valence-electron chi connectivity index (χ3n) is 2.81. The van der Waals surface area contributed by atoms with Gasteiger partial charge in [-0.1, -0.05) is 11.8 Å². The Morgan fingerprint density at radius 2 is 2.43 bits per heavy atom. The summed E-state index contributed by atoms with van der Waals surface area (Å²) in [5.41, 5.74) is 1.04. The van der Waals surface area contributed by atoms with E-state index in [1.165, 1.54) is 17.7 Å². The highest BCUT2D eigenvalue weighted by atomic mass is 32.1. The van der Waals surface area contributed by atoms with Crippen LogP contribution >= 0.6 is 11.3 Å². The molecule has 0 fully saturated rings. The summed E-state index contributed by atoms with van der Waals surface area (Å²) in [6, 6.07) is 1.94. The number of nitrogens with zero attached hydrogens (tertiary/aromatic N) is 4. The number of aryl methyl sites for hydroxylation is 1. The minimum atomic E-state index is -0.145. The Hall–Kier alpha value is -2.17. The Bertz CT molecular complexity index is 639. The molecule has 6 nitrogen and oxygen atoms in total. The number of carbonyl (C=O) groups excluding carboxylic acids is 1. The normalized spacial score (nSPS) is 10.0. The fraction of sp³-hybridized carbons (Fsp3) is 0.357. The molecular weight excluding hydrogens is 288 g/mol. The number of aromatic nitrogens is 3. The van der Waals surface area contributed by atoms with Crippen molar-refractivity contribution in [2.75, 3.05) is 13.7 Å². The van der Waals surface area contributed by atoms with E-state index < -0.39 is 0 Å². The summed E-state index contributed by atoms with van der Waals surface area (Å²) in [5, 5.41) is 14.6. The fourth-order valence-corrected chi connectivity index (χ4v) is 2.53. The highest BCUT2D eigenvalue weighted by molar-refractivity contribution is 7.10. The Morgan fingerprint density at radius 3 is 3.14 bits per heavy atom. The van der Waals surface area contributed by atoms with Crippen LogP contribution in [0.3, 0.4) is 0 Å². The number of aliphatic hydroxyl groups is 1. The molecule has 2 aromatic heterocycles. The Balaban J connectivity index is 1.84. The topological polar surface area (TPSA) is 71.2 Å². The van der Waals surface area contributed by atoms with Gasteiger partial charge < -0.3 is 10.0 Å². The van der Waals surface area contributed by atoms with Gasteiger partial charge in [0.05, 0.1) is 11.4 Å². The van der Waals surface area contributed by atoms with Gasteiger partial charge in [0.2, 0.25) is 5.91 Å². The highest BCUT2D eigenvalue weighted by Gasteiger charge is 2.10. The van der Waals surface area contributed by atoms with Crippen molar-refractivity contribution in [2.24, 2.45) is 0 Å². The van der Waals surface area contributed by atoms with E-state index in [1.807, 2.05) is 11.4 Å². The van der Waals surface area contributed by atoms with Crippen LogP contribution in [0.2, 0.25) is 0 Å². The SMILES string of the molecule is CN(Cc1csc(C#CCO)c1)C(=O)CCn1cncn1. The van der Waals surface area contributed by atoms with Crippen LogP contribution in [0.15, 0.2) is 24.1 Å². The second kappa shape index (κ2) is 7.57. The second-order valence-electron chi connectivity index (χ2n) is 4.44. The summed E-state index contributed by atoms with van der Waals surface area (Å²) < 4.78 is 1.64. The van der Waals surface area contributed by atoms with Crippen LogP contribution < -0.4 is 0 Å². The largest absolute Gasteiger partial charge is 0.384 e. The molecule has 0 aliphatic carbocycles. The van der Waals surface area contributed by atoms with Crippen molar-refractivity contribution in [3.8, 4) is 11.8 Å². The maximum absolute atomic E-state index is 12.0. The summed E-state index contributed by atoms with van der Waals surface area (Å²) in [6.07, 6.45) is 3.44. The first-order valence-corrected chi connectivity index (χ1v) is 7.30. The molecule has 0 spiro atoms. The quantitative estimate of drug-likeness (QED) is 0.827. The van der Waals surface area contributed by atoms with Gasteiger partial charge in [-0.25, -0.2) is 4.98 Å². The molecule has 0 saturated heterocycles. The molecule has 110 valence electrons. The first-order valence-electron chi connectivity index (χ1n) is 6.42. The van der Waals surface area contributed by atoms with Crippen molar-refractivity contribution >= 4 is 17.2 Å². The summed E-state index contributed by atoms with van der Waals surface area (Å²) in [6.45, 7) is 0.932. The fourth-order valence-electron chi connectivity index (χ4n) is 1.76. The van der Waals surface area contributed by atoms with E-state index in [4.69, 9.17) is 5.11 Å². The summed E-state index contributed by atoms with van der Waals surface area (Å²) in [4.78, 5) is 18.4. The molecule has 2 heterocycles. The molecule has 0 aliphatic heterocycles. The van der Waals surface area contributed by atoms with Crippen molar-refractivity contribution < 1.29 is 9.90 Å². The number of hydrogen-bond donors (Lipinski definition) is 1. The number of thiophene rings is 1. The molecule has 1 N–H and O–H groups in total. The molecule has 0 unspecified atom stereocenters. The summed E-state index contributed by atoms with van der Waals surface area (Å²) in [5.74, 6) is 5.52. The number of amides is 1. The van der Waals surface area contributed by atoms with Crippen LogP contribution in [-0.4, -0.2) is 44.3 Å². The first kappa shape index (κ1) is 15.2. The van der Waals surface area contributed by atoms with E-state index in [0.717, 1.165) is 10.4 Å². The van der Waals surface area contributed by atoms with E-state index >= 15 is 0 Å². The zero-order chi connectivity index (χ0) is 15.1. The lowest BCUT2D eigenvalue weighted by molar-refractivity contribution is -0.130. The predicted octanol–water partition coefficient (Wildman–Crippen LogP) is 0.732. The molecule has 0 aliphatic rings. The smallest absolute Gasteiger partial charge is 0.224 e. The maximum atomic E-state index is 12.0. The number of carbonyl (C=O) groups is 1. The van der Waals surface area contributed by atoms with Gasteiger partial charge in [0, 0.05) is 20.0 Å². The van der Waals surface area contributed by atoms with Crippen molar-refractivity contribution in [2.45, 2.75) is 19.5 Å². The van der Waals surface area contributed by atoms with Crippen LogP contribution in [0.4, 0.5) is 0 Å². The lowest BCUT2D eigenvalue weighted by Gasteiger charge is -2.16. The molecule has 0 saturated carbocycles. The number of aliphatic hydroxyl groups excluding tert-OH is 1. The molecule has 2 aromatic rings. The van der Waals surface area contributed by atoms with Gasteiger partial charge in [0.1, 0.15) is 19.3 Å². The predicted molar refractivity (Wildman–Crippen MR) is 79.4 cm³/mol. The third-order valence-corrected chi connectivity index (χ3v) is 3.71. The molecular formula is C14H16N4O2S. The van der Waals surface area contributed by atoms with E-state index in [1.54, 1.807) is 23.0 Å². The van der Waals surface area contributed by atoms with Crippen LogP contribution in [0.25, 0.3) is 0 Å². The monoisotopic (exact) mass is 304 g/mol. The average Bonchev–Trinajstić information content (AvgIpc) is 3.14. The zero-order valence-electron chi connectivity index (χ0n) is 11.7. The second-order valence-corrected chi connectivity index (χ2v) is 5.35. The van der Waals surface area contributed by atoms with Crippen molar-refractivity contribution in [3.63, 3.8) is 0 Å². The zero-order valence-corrected chi connectivity index (χ0v) is 12.5. The molecule has 0 atom stereocenters. The van der Waals surface area contributed by atoms with Crippen molar-refractivity contribution in [1.82, 2.24) is 19.7 Å². The molecule has 0 bridgehead atoms. The van der Waals surface area contributed by atoms with Crippen molar-refractivity contribution in [3.05, 3.63) is 34.5 Å². The van der Waals surface area contributed by atoms with Crippen LogP contribution in [0, 0.1) is 11.8 Å². The van der Waals surface area contributed by atoms with Gasteiger partial charge in [0.15, 0.2) is 0 Å². The van der Waals surface area contributed by atoms with Gasteiger partial charge in [-0.2, -0.15) is 5.10 Å². The van der Waals surface area contributed by atoms with Crippen LogP contribution in [0.1, 0.15) is 16.9 Å². The minimum Gasteiger partial charge on any atom is -0.384 e. The Morgan fingerprint density at radius 1 is 1.57 bits per heavy atom. The molecule has 2 rings (SSSR count). The van der Waals surface area contributed by atoms with Gasteiger partial charge >= 0.3 is 0 Å². The third kappa shape index (κ3) is 4.70. The van der Waals surface area contributed by atoms with Gasteiger partial charge in [-0.05, 0) is 17.0 Å². The van der Waals surface area contributed by atoms with E-state index in [2.05, 4.69) is 21.9 Å². The standard InChI is InChI=1S/C14H16N4O2S/c1-17(14(20)4-5-18-11-15-10-16-18)8-12-7-13(21-9-12)3-2-6-19/h7,9-11,19H,4-6,8H2,1H3. The number of hydrogen-bond acceptors (Lipinski definition) is 5. The van der Waals surface area contributed by atoms with Crippen LogP contribution in [-0.2, 0) is 17.9 Å². The minimum absolute atomic E-state index is 0.0553. The maximum Gasteiger partial charge on any atom is 0.224 e. The Labute approximate surface area is 127 Å². The summed E-state index contributed by atoms with van der Waals surface area (Å²) in [7, 11) is 1.78. The number of rotatable bonds is 5. The van der Waals surface area contributed by atoms with E-state index in [0.29, 0.717) is 19.5 Å². The summed E-state index contributed by atoms with van der Waals surface area (Å²) >= 11 is 1.51. The molecule has 0 aromatic carbocycles. The molecule has 21 heavy (non-hydrogen) atoms. The lowest BCUT2D eigenvalue weighted by Crippen LogP contribution is -2.26. The molecule has 1 amide bonds. The average molecular weight is 304 g/mol. The highest BCUT2D eigenvalue weighted by Crippen LogP contribution is 2.15.